The maximum Gasteiger partial charge on any atom is 0.385 e. The van der Waals surface area contributed by atoms with E-state index in [1.54, 1.807) is 0 Å². The van der Waals surface area contributed by atoms with Gasteiger partial charge in [0.25, 0.3) is 0 Å². The van der Waals surface area contributed by atoms with Crippen LogP contribution in [0.1, 0.15) is 36.7 Å². The van der Waals surface area contributed by atoms with Crippen LogP contribution < -0.4 is 5.73 Å². The fourth-order valence-electron chi connectivity index (χ4n) is 2.50. The van der Waals surface area contributed by atoms with E-state index in [4.69, 9.17) is 5.73 Å². The first kappa shape index (κ1) is 11.1. The normalized spacial score (nSPS) is 19.5. The summed E-state index contributed by atoms with van der Waals surface area (Å²) in [6.07, 6.45) is 2.82. The third kappa shape index (κ3) is 1.69. The Bertz CT molecular complexity index is 413. The number of nitrogens with two attached hydrogens (primary N) is 1. The van der Waals surface area contributed by atoms with E-state index in [0.29, 0.717) is 6.54 Å². The van der Waals surface area contributed by atoms with E-state index in [1.165, 1.54) is 0 Å². The highest BCUT2D eigenvalue weighted by molar-refractivity contribution is 5.34. The van der Waals surface area contributed by atoms with E-state index < -0.39 is 0 Å². The van der Waals surface area contributed by atoms with E-state index in [1.807, 2.05) is 11.5 Å². The predicted octanol–water partition coefficient (Wildman–Crippen LogP) is 1.33. The average molecular weight is 224 g/mol. The van der Waals surface area contributed by atoms with Crippen LogP contribution in [-0.4, -0.2) is 21.0 Å². The smallest absolute Gasteiger partial charge is 0.358 e. The molecule has 0 amide bonds. The van der Waals surface area contributed by atoms with Crippen LogP contribution in [0.3, 0.4) is 0 Å². The molecule has 6 heteroatoms. The number of nitro groups is 1. The van der Waals surface area contributed by atoms with Crippen LogP contribution in [0.5, 0.6) is 0 Å². The molecule has 2 heterocycles. The van der Waals surface area contributed by atoms with Gasteiger partial charge in [-0.15, -0.1) is 0 Å². The molecule has 88 valence electrons. The Labute approximate surface area is 93.6 Å². The van der Waals surface area contributed by atoms with Crippen molar-refractivity contribution in [3.63, 3.8) is 0 Å². The predicted molar refractivity (Wildman–Crippen MR) is 59.3 cm³/mol. The van der Waals surface area contributed by atoms with Crippen molar-refractivity contribution in [1.82, 2.24) is 9.55 Å². The highest BCUT2D eigenvalue weighted by Gasteiger charge is 2.33. The maximum absolute atomic E-state index is 10.9. The van der Waals surface area contributed by atoms with Crippen LogP contribution in [0, 0.1) is 17.0 Å². The molecule has 1 unspecified atom stereocenters. The van der Waals surface area contributed by atoms with Crippen molar-refractivity contribution < 1.29 is 4.92 Å². The molecule has 1 aromatic heterocycles. The molecule has 2 rings (SSSR count). The number of aromatic nitrogens is 2. The topological polar surface area (TPSA) is 87.0 Å². The molecule has 1 atom stereocenters. The van der Waals surface area contributed by atoms with Crippen molar-refractivity contribution >= 4 is 5.82 Å². The molecule has 0 aliphatic carbocycles. The van der Waals surface area contributed by atoms with Gasteiger partial charge in [0.1, 0.15) is 5.69 Å². The maximum atomic E-state index is 10.9. The van der Waals surface area contributed by atoms with Gasteiger partial charge < -0.3 is 20.4 Å². The lowest BCUT2D eigenvalue weighted by molar-refractivity contribution is -0.390. The Morgan fingerprint density at radius 2 is 2.44 bits per heavy atom. The van der Waals surface area contributed by atoms with E-state index in [2.05, 4.69) is 4.98 Å². The molecule has 1 aliphatic heterocycles. The van der Waals surface area contributed by atoms with E-state index in [9.17, 15) is 10.1 Å². The van der Waals surface area contributed by atoms with Gasteiger partial charge in [-0.05, 0) is 35.7 Å². The van der Waals surface area contributed by atoms with Gasteiger partial charge in [0.2, 0.25) is 5.82 Å². The largest absolute Gasteiger partial charge is 0.385 e. The minimum absolute atomic E-state index is 0.0238. The van der Waals surface area contributed by atoms with Crippen molar-refractivity contribution in [2.45, 2.75) is 38.6 Å². The highest BCUT2D eigenvalue weighted by atomic mass is 16.6. The molecule has 0 saturated heterocycles. The summed E-state index contributed by atoms with van der Waals surface area (Å²) in [6, 6.07) is 0. The zero-order valence-corrected chi connectivity index (χ0v) is 9.35. The molecule has 2 N–H and O–H groups in total. The lowest BCUT2D eigenvalue weighted by Gasteiger charge is -2.22. The minimum Gasteiger partial charge on any atom is -0.358 e. The molecule has 0 spiro atoms. The van der Waals surface area contributed by atoms with Crippen LogP contribution in [0.4, 0.5) is 5.82 Å². The standard InChI is InChI=1S/C10H16N4O2/c1-7-12-10(14(15)16)9-8(4-5-11)3-2-6-13(7)9/h8H,2-6,11H2,1H3. The third-order valence-electron chi connectivity index (χ3n) is 3.19. The molecule has 0 bridgehead atoms. The van der Waals surface area contributed by atoms with Crippen LogP contribution in [-0.2, 0) is 6.54 Å². The van der Waals surface area contributed by atoms with Crippen molar-refractivity contribution in [2.75, 3.05) is 6.54 Å². The van der Waals surface area contributed by atoms with Gasteiger partial charge >= 0.3 is 5.82 Å². The van der Waals surface area contributed by atoms with Crippen molar-refractivity contribution in [2.24, 2.45) is 5.73 Å². The van der Waals surface area contributed by atoms with Gasteiger partial charge in [-0.25, -0.2) is 0 Å². The molecule has 6 nitrogen and oxygen atoms in total. The number of hydrogen-bond donors (Lipinski definition) is 1. The van der Waals surface area contributed by atoms with E-state index in [0.717, 1.165) is 37.3 Å². The van der Waals surface area contributed by atoms with Crippen LogP contribution >= 0.6 is 0 Å². The van der Waals surface area contributed by atoms with Crippen molar-refractivity contribution in [3.8, 4) is 0 Å². The molecular weight excluding hydrogens is 208 g/mol. The zero-order chi connectivity index (χ0) is 11.7. The average Bonchev–Trinajstić information content (AvgIpc) is 2.58. The van der Waals surface area contributed by atoms with E-state index >= 15 is 0 Å². The highest BCUT2D eigenvalue weighted by Crippen LogP contribution is 2.36. The Balaban J connectivity index is 2.47. The van der Waals surface area contributed by atoms with Crippen LogP contribution in [0.15, 0.2) is 0 Å². The molecular formula is C10H16N4O2. The molecule has 0 saturated carbocycles. The molecule has 1 aliphatic rings. The second kappa shape index (κ2) is 4.21. The molecule has 0 radical (unpaired) electrons. The summed E-state index contributed by atoms with van der Waals surface area (Å²) >= 11 is 0. The number of hydrogen-bond acceptors (Lipinski definition) is 4. The Morgan fingerprint density at radius 1 is 1.69 bits per heavy atom. The fourth-order valence-corrected chi connectivity index (χ4v) is 2.50. The third-order valence-corrected chi connectivity index (χ3v) is 3.19. The van der Waals surface area contributed by atoms with Crippen molar-refractivity contribution in [1.29, 1.82) is 0 Å². The summed E-state index contributed by atoms with van der Waals surface area (Å²) in [5.74, 6) is 0.958. The summed E-state index contributed by atoms with van der Waals surface area (Å²) in [5.41, 5.74) is 6.33. The SMILES string of the molecule is Cc1nc([N+](=O)[O-])c2n1CCCC2CCN. The molecule has 16 heavy (non-hydrogen) atoms. The van der Waals surface area contributed by atoms with Crippen molar-refractivity contribution in [3.05, 3.63) is 21.6 Å². The minimum atomic E-state index is -0.381. The van der Waals surface area contributed by atoms with Crippen LogP contribution in [0.25, 0.3) is 0 Å². The number of rotatable bonds is 3. The Morgan fingerprint density at radius 3 is 3.06 bits per heavy atom. The second-order valence-electron chi connectivity index (χ2n) is 4.19. The lowest BCUT2D eigenvalue weighted by atomic mass is 9.92. The lowest BCUT2D eigenvalue weighted by Crippen LogP contribution is -2.19. The molecule has 1 aromatic rings. The number of imidazole rings is 1. The quantitative estimate of drug-likeness (QED) is 0.619. The van der Waals surface area contributed by atoms with Gasteiger partial charge in [-0.3, -0.25) is 0 Å². The summed E-state index contributed by atoms with van der Waals surface area (Å²) in [4.78, 5) is 14.6. The molecule has 0 aromatic carbocycles. The van der Waals surface area contributed by atoms with Crippen LogP contribution in [0.2, 0.25) is 0 Å². The first-order chi connectivity index (χ1) is 7.65. The van der Waals surface area contributed by atoms with Gasteiger partial charge in [-0.2, -0.15) is 0 Å². The first-order valence-electron chi connectivity index (χ1n) is 5.56. The summed E-state index contributed by atoms with van der Waals surface area (Å²) < 4.78 is 1.97. The Kier molecular flexibility index (Phi) is 2.91. The number of nitrogens with zero attached hydrogens (tertiary/aromatic N) is 3. The fraction of sp³-hybridized carbons (Fsp3) is 0.700. The summed E-state index contributed by atoms with van der Waals surface area (Å²) in [5, 5.41) is 10.9. The zero-order valence-electron chi connectivity index (χ0n) is 9.35. The monoisotopic (exact) mass is 224 g/mol. The van der Waals surface area contributed by atoms with Gasteiger partial charge in [0, 0.05) is 19.4 Å². The molecule has 0 fully saturated rings. The number of fused-ring (bicyclic) bond motifs is 1. The second-order valence-corrected chi connectivity index (χ2v) is 4.19. The Hall–Kier alpha value is -1.43. The number of aryl methyl sites for hydroxylation is 1. The van der Waals surface area contributed by atoms with E-state index in [-0.39, 0.29) is 16.7 Å². The van der Waals surface area contributed by atoms with Gasteiger partial charge in [-0.1, -0.05) is 0 Å². The van der Waals surface area contributed by atoms with Gasteiger partial charge in [0.05, 0.1) is 0 Å². The first-order valence-corrected chi connectivity index (χ1v) is 5.56. The summed E-state index contributed by atoms with van der Waals surface area (Å²) in [6.45, 7) is 3.22. The summed E-state index contributed by atoms with van der Waals surface area (Å²) in [7, 11) is 0. The van der Waals surface area contributed by atoms with Gasteiger partial charge in [0.15, 0.2) is 0 Å².